The lowest BCUT2D eigenvalue weighted by Gasteiger charge is -2.26. The lowest BCUT2D eigenvalue weighted by Crippen LogP contribution is -2.48. The van der Waals surface area contributed by atoms with E-state index in [-0.39, 0.29) is 47.4 Å². The van der Waals surface area contributed by atoms with Crippen LogP contribution in [0.4, 0.5) is 23.2 Å². The zero-order chi connectivity index (χ0) is 24.9. The lowest BCUT2D eigenvalue weighted by molar-refractivity contribution is -0.163. The number of phenols is 1. The Kier molecular flexibility index (Phi) is 5.81. The molecule has 2 aromatic rings. The van der Waals surface area contributed by atoms with Gasteiger partial charge in [-0.05, 0) is 61.3 Å². The SMILES string of the molecule is CC(C)(c1cc(F)c(CC(=O)Nc2ccnc(C(=O)NC3(C(F)(F)F)CC3)c2)cc1O)C1CC1. The maximum Gasteiger partial charge on any atom is 0.411 e. The van der Waals surface area contributed by atoms with E-state index in [9.17, 15) is 32.3 Å². The van der Waals surface area contributed by atoms with E-state index in [1.54, 1.807) is 0 Å². The Balaban J connectivity index is 1.43. The maximum atomic E-state index is 14.7. The van der Waals surface area contributed by atoms with Crippen LogP contribution in [0, 0.1) is 11.7 Å². The fourth-order valence-corrected chi connectivity index (χ4v) is 4.18. The highest BCUT2D eigenvalue weighted by Gasteiger charge is 2.64. The van der Waals surface area contributed by atoms with Gasteiger partial charge in [-0.15, -0.1) is 0 Å². The van der Waals surface area contributed by atoms with Crippen LogP contribution in [0.5, 0.6) is 5.75 Å². The van der Waals surface area contributed by atoms with E-state index in [1.807, 2.05) is 19.2 Å². The predicted molar refractivity (Wildman–Crippen MR) is 116 cm³/mol. The van der Waals surface area contributed by atoms with Crippen molar-refractivity contribution in [2.45, 2.75) is 63.1 Å². The summed E-state index contributed by atoms with van der Waals surface area (Å²) in [4.78, 5) is 28.5. The molecular weight excluding hydrogens is 454 g/mol. The molecule has 2 fully saturated rings. The first-order chi connectivity index (χ1) is 15.8. The third-order valence-corrected chi connectivity index (χ3v) is 6.73. The zero-order valence-corrected chi connectivity index (χ0v) is 18.7. The van der Waals surface area contributed by atoms with Gasteiger partial charge >= 0.3 is 6.18 Å². The van der Waals surface area contributed by atoms with Crippen molar-refractivity contribution in [1.29, 1.82) is 0 Å². The minimum Gasteiger partial charge on any atom is -0.508 e. The van der Waals surface area contributed by atoms with Gasteiger partial charge in [0.15, 0.2) is 0 Å². The van der Waals surface area contributed by atoms with Crippen LogP contribution in [0.3, 0.4) is 0 Å². The van der Waals surface area contributed by atoms with Crippen molar-refractivity contribution >= 4 is 17.5 Å². The van der Waals surface area contributed by atoms with Crippen LogP contribution in [0.25, 0.3) is 0 Å². The third-order valence-electron chi connectivity index (χ3n) is 6.73. The van der Waals surface area contributed by atoms with Gasteiger partial charge in [0.1, 0.15) is 22.8 Å². The van der Waals surface area contributed by atoms with Gasteiger partial charge in [-0.3, -0.25) is 14.6 Å². The first kappa shape index (κ1) is 24.0. The van der Waals surface area contributed by atoms with Gasteiger partial charge in [-0.1, -0.05) is 13.8 Å². The van der Waals surface area contributed by atoms with Crippen molar-refractivity contribution in [3.63, 3.8) is 0 Å². The molecule has 3 N–H and O–H groups in total. The van der Waals surface area contributed by atoms with E-state index >= 15 is 0 Å². The Morgan fingerprint density at radius 3 is 2.44 bits per heavy atom. The molecule has 1 heterocycles. The summed E-state index contributed by atoms with van der Waals surface area (Å²) in [5.41, 5.74) is -2.29. The minimum atomic E-state index is -4.56. The number of nitrogens with one attached hydrogen (secondary N) is 2. The quantitative estimate of drug-likeness (QED) is 0.506. The first-order valence-corrected chi connectivity index (χ1v) is 11.0. The molecule has 1 aromatic carbocycles. The summed E-state index contributed by atoms with van der Waals surface area (Å²) >= 11 is 0. The van der Waals surface area contributed by atoms with Gasteiger partial charge in [0.05, 0.1) is 6.42 Å². The van der Waals surface area contributed by atoms with Crippen molar-refractivity contribution < 1.29 is 32.3 Å². The van der Waals surface area contributed by atoms with Gasteiger partial charge in [-0.25, -0.2) is 4.39 Å². The highest BCUT2D eigenvalue weighted by Crippen LogP contribution is 2.50. The molecular formula is C24H25F4N3O3. The van der Waals surface area contributed by atoms with E-state index in [0.717, 1.165) is 18.9 Å². The number of carbonyl (C=O) groups excluding carboxylic acids is 2. The van der Waals surface area contributed by atoms with Crippen molar-refractivity contribution in [2.24, 2.45) is 5.92 Å². The molecule has 10 heteroatoms. The van der Waals surface area contributed by atoms with Crippen molar-refractivity contribution in [2.75, 3.05) is 5.32 Å². The average Bonchev–Trinajstić information content (AvgIpc) is 3.63. The van der Waals surface area contributed by atoms with Crippen molar-refractivity contribution in [3.8, 4) is 5.75 Å². The second kappa shape index (κ2) is 8.25. The number of pyridine rings is 1. The Morgan fingerprint density at radius 1 is 1.18 bits per heavy atom. The molecule has 34 heavy (non-hydrogen) atoms. The number of rotatable bonds is 7. The topological polar surface area (TPSA) is 91.3 Å². The Bertz CT molecular complexity index is 1140. The summed E-state index contributed by atoms with van der Waals surface area (Å²) in [5.74, 6) is -1.96. The smallest absolute Gasteiger partial charge is 0.411 e. The third kappa shape index (κ3) is 4.71. The number of anilines is 1. The van der Waals surface area contributed by atoms with E-state index in [4.69, 9.17) is 0 Å². The fraction of sp³-hybridized carbons (Fsp3) is 0.458. The zero-order valence-electron chi connectivity index (χ0n) is 18.7. The number of benzene rings is 1. The minimum absolute atomic E-state index is 0.00165. The van der Waals surface area contributed by atoms with Gasteiger partial charge in [0.25, 0.3) is 5.91 Å². The Labute approximate surface area is 193 Å². The highest BCUT2D eigenvalue weighted by molar-refractivity contribution is 5.96. The number of halogens is 4. The van der Waals surface area contributed by atoms with Gasteiger partial charge in [0.2, 0.25) is 5.91 Å². The van der Waals surface area contributed by atoms with E-state index in [0.29, 0.717) is 11.5 Å². The first-order valence-electron chi connectivity index (χ1n) is 11.0. The van der Waals surface area contributed by atoms with Crippen molar-refractivity contribution in [3.05, 3.63) is 53.1 Å². The normalized spacial score (nSPS) is 17.2. The molecule has 182 valence electrons. The molecule has 2 saturated carbocycles. The van der Waals surface area contributed by atoms with Crippen LogP contribution in [-0.2, 0) is 16.6 Å². The number of hydrogen-bond acceptors (Lipinski definition) is 4. The molecule has 2 aliphatic rings. The molecule has 0 spiro atoms. The van der Waals surface area contributed by atoms with Crippen LogP contribution >= 0.6 is 0 Å². The summed E-state index contributed by atoms with van der Waals surface area (Å²) in [5, 5.41) is 14.9. The largest absolute Gasteiger partial charge is 0.508 e. The molecule has 2 amide bonds. The maximum absolute atomic E-state index is 14.7. The molecule has 0 aliphatic heterocycles. The standard InChI is InChI=1S/C24H25F4N3O3/c1-22(2,14-3-4-14)16-12-17(25)13(9-19(16)32)10-20(33)30-15-5-8-29-18(11-15)21(34)31-23(6-7-23)24(26,27)28/h5,8-9,11-12,14,32H,3-4,6-7,10H2,1-2H3,(H,31,34)(H,29,30,33). The number of amides is 2. The number of alkyl halides is 3. The van der Waals surface area contributed by atoms with E-state index in [2.05, 4.69) is 10.3 Å². The van der Waals surface area contributed by atoms with Gasteiger partial charge < -0.3 is 15.7 Å². The molecule has 0 atom stereocenters. The van der Waals surface area contributed by atoms with Crippen molar-refractivity contribution in [1.82, 2.24) is 10.3 Å². The number of aromatic hydroxyl groups is 1. The molecule has 6 nitrogen and oxygen atoms in total. The van der Waals surface area contributed by atoms with E-state index in [1.165, 1.54) is 24.4 Å². The Morgan fingerprint density at radius 2 is 1.85 bits per heavy atom. The number of aromatic nitrogens is 1. The summed E-state index contributed by atoms with van der Waals surface area (Å²) in [6.45, 7) is 3.89. The van der Waals surface area contributed by atoms with Crippen LogP contribution in [0.15, 0.2) is 30.5 Å². The monoisotopic (exact) mass is 479 g/mol. The second-order valence-corrected chi connectivity index (χ2v) is 9.65. The van der Waals surface area contributed by atoms with Crippen LogP contribution in [0.2, 0.25) is 0 Å². The van der Waals surface area contributed by atoms with E-state index < -0.39 is 29.3 Å². The predicted octanol–water partition coefficient (Wildman–Crippen LogP) is 4.62. The number of carbonyl (C=O) groups is 2. The molecule has 0 radical (unpaired) electrons. The summed E-state index contributed by atoms with van der Waals surface area (Å²) in [6.07, 6.45) is -2.14. The Hall–Kier alpha value is -3.17. The molecule has 4 rings (SSSR count). The fourth-order valence-electron chi connectivity index (χ4n) is 4.18. The number of hydrogen-bond donors (Lipinski definition) is 3. The van der Waals surface area contributed by atoms with Gasteiger partial charge in [0, 0.05) is 23.0 Å². The second-order valence-electron chi connectivity index (χ2n) is 9.65. The summed E-state index contributed by atoms with van der Waals surface area (Å²) in [7, 11) is 0. The average molecular weight is 479 g/mol. The number of nitrogens with zero attached hydrogens (tertiary/aromatic N) is 1. The summed E-state index contributed by atoms with van der Waals surface area (Å²) in [6, 6.07) is 5.01. The number of phenolic OH excluding ortho intramolecular Hbond substituents is 1. The van der Waals surface area contributed by atoms with Crippen LogP contribution in [0.1, 0.15) is 61.1 Å². The molecule has 0 saturated heterocycles. The molecule has 1 aromatic heterocycles. The van der Waals surface area contributed by atoms with Gasteiger partial charge in [-0.2, -0.15) is 13.2 Å². The lowest BCUT2D eigenvalue weighted by atomic mass is 9.79. The van der Waals surface area contributed by atoms with Crippen LogP contribution in [-0.4, -0.2) is 33.6 Å². The van der Waals surface area contributed by atoms with Crippen LogP contribution < -0.4 is 10.6 Å². The highest BCUT2D eigenvalue weighted by atomic mass is 19.4. The molecule has 0 unspecified atom stereocenters. The molecule has 2 aliphatic carbocycles. The molecule has 0 bridgehead atoms. The summed E-state index contributed by atoms with van der Waals surface area (Å²) < 4.78 is 54.0.